The molecular weight excluding hydrogens is 266 g/mol. The van der Waals surface area contributed by atoms with Gasteiger partial charge in [-0.2, -0.15) is 0 Å². The van der Waals surface area contributed by atoms with E-state index in [9.17, 15) is 5.11 Å². The van der Waals surface area contributed by atoms with Gasteiger partial charge in [-0.15, -0.1) is 10.2 Å². The first kappa shape index (κ1) is 10.3. The molecule has 0 radical (unpaired) electrons. The van der Waals surface area contributed by atoms with Crippen molar-refractivity contribution in [2.45, 2.75) is 13.3 Å². The molecule has 6 heteroatoms. The van der Waals surface area contributed by atoms with Crippen LogP contribution < -0.4 is 4.90 Å². The standard InChI is InChI=1S/C8H12BrN3OS/c1-8(5-13)2-3-12(4-8)7-11-10-6(9)14-7/h13H,2-5H2,1H3. The van der Waals surface area contributed by atoms with Crippen molar-refractivity contribution in [2.24, 2.45) is 5.41 Å². The van der Waals surface area contributed by atoms with E-state index < -0.39 is 0 Å². The number of aliphatic hydroxyl groups excluding tert-OH is 1. The third-order valence-electron chi connectivity index (χ3n) is 2.60. The average Bonchev–Trinajstić information content (AvgIpc) is 2.73. The number of anilines is 1. The molecule has 2 heterocycles. The highest BCUT2D eigenvalue weighted by molar-refractivity contribution is 9.11. The van der Waals surface area contributed by atoms with E-state index in [2.05, 4.69) is 38.0 Å². The Bertz CT molecular complexity index is 332. The van der Waals surface area contributed by atoms with Crippen LogP contribution in [0, 0.1) is 5.41 Å². The topological polar surface area (TPSA) is 49.2 Å². The molecule has 4 nitrogen and oxygen atoms in total. The second-order valence-corrected chi connectivity index (χ2v) is 6.21. The van der Waals surface area contributed by atoms with Gasteiger partial charge in [-0.3, -0.25) is 0 Å². The Hall–Kier alpha value is -0.200. The Labute approximate surface area is 95.1 Å². The molecule has 1 aromatic heterocycles. The highest BCUT2D eigenvalue weighted by atomic mass is 79.9. The Morgan fingerprint density at radius 1 is 1.64 bits per heavy atom. The second-order valence-electron chi connectivity index (χ2n) is 3.98. The van der Waals surface area contributed by atoms with E-state index in [-0.39, 0.29) is 12.0 Å². The summed E-state index contributed by atoms with van der Waals surface area (Å²) in [5.74, 6) is 0. The summed E-state index contributed by atoms with van der Waals surface area (Å²) in [6.45, 7) is 4.16. The van der Waals surface area contributed by atoms with Crippen LogP contribution in [0.15, 0.2) is 3.92 Å². The first-order valence-electron chi connectivity index (χ1n) is 4.48. The lowest BCUT2D eigenvalue weighted by atomic mass is 9.91. The van der Waals surface area contributed by atoms with Crippen molar-refractivity contribution in [1.82, 2.24) is 10.2 Å². The monoisotopic (exact) mass is 277 g/mol. The molecule has 14 heavy (non-hydrogen) atoms. The Balaban J connectivity index is 2.09. The fourth-order valence-electron chi connectivity index (χ4n) is 1.64. The molecule has 0 saturated carbocycles. The minimum absolute atomic E-state index is 0.0259. The lowest BCUT2D eigenvalue weighted by Crippen LogP contribution is -2.27. The normalized spacial score (nSPS) is 27.2. The summed E-state index contributed by atoms with van der Waals surface area (Å²) >= 11 is 4.83. The van der Waals surface area contributed by atoms with Crippen LogP contribution >= 0.6 is 27.3 Å². The molecule has 1 saturated heterocycles. The quantitative estimate of drug-likeness (QED) is 0.891. The van der Waals surface area contributed by atoms with E-state index in [0.29, 0.717) is 0 Å². The highest BCUT2D eigenvalue weighted by Crippen LogP contribution is 2.34. The van der Waals surface area contributed by atoms with Crippen LogP contribution in [0.3, 0.4) is 0 Å². The summed E-state index contributed by atoms with van der Waals surface area (Å²) in [5.41, 5.74) is 0.0259. The number of hydrogen-bond donors (Lipinski definition) is 1. The lowest BCUT2D eigenvalue weighted by molar-refractivity contribution is 0.162. The molecular formula is C8H12BrN3OS. The minimum atomic E-state index is 0.0259. The van der Waals surface area contributed by atoms with Gasteiger partial charge in [-0.05, 0) is 22.4 Å². The van der Waals surface area contributed by atoms with Crippen molar-refractivity contribution >= 4 is 32.4 Å². The third kappa shape index (κ3) is 1.92. The molecule has 0 amide bonds. The maximum Gasteiger partial charge on any atom is 0.209 e. The van der Waals surface area contributed by atoms with Gasteiger partial charge in [0, 0.05) is 18.5 Å². The van der Waals surface area contributed by atoms with Gasteiger partial charge >= 0.3 is 0 Å². The molecule has 1 unspecified atom stereocenters. The van der Waals surface area contributed by atoms with Gasteiger partial charge in [0.1, 0.15) is 0 Å². The molecule has 0 aromatic carbocycles. The summed E-state index contributed by atoms with van der Waals surface area (Å²) in [6.07, 6.45) is 1.01. The molecule has 1 fully saturated rings. The van der Waals surface area contributed by atoms with Gasteiger partial charge in [0.25, 0.3) is 0 Å². The summed E-state index contributed by atoms with van der Waals surface area (Å²) in [7, 11) is 0. The van der Waals surface area contributed by atoms with Crippen LogP contribution in [0.2, 0.25) is 0 Å². The highest BCUT2D eigenvalue weighted by Gasteiger charge is 2.34. The van der Waals surface area contributed by atoms with Gasteiger partial charge in [0.05, 0.1) is 6.61 Å². The molecule has 0 spiro atoms. The molecule has 1 aliphatic heterocycles. The number of hydrogen-bond acceptors (Lipinski definition) is 5. The summed E-state index contributed by atoms with van der Waals surface area (Å²) in [4.78, 5) is 2.18. The second kappa shape index (κ2) is 3.75. The van der Waals surface area contributed by atoms with E-state index in [1.54, 1.807) is 0 Å². The molecule has 1 aromatic rings. The molecule has 0 aliphatic carbocycles. The van der Waals surface area contributed by atoms with Crippen molar-refractivity contribution in [2.75, 3.05) is 24.6 Å². The fraction of sp³-hybridized carbons (Fsp3) is 0.750. The van der Waals surface area contributed by atoms with Gasteiger partial charge < -0.3 is 10.0 Å². The van der Waals surface area contributed by atoms with E-state index in [1.807, 2.05) is 0 Å². The first-order chi connectivity index (χ1) is 6.63. The first-order valence-corrected chi connectivity index (χ1v) is 6.09. The molecule has 1 N–H and O–H groups in total. The Kier molecular flexibility index (Phi) is 2.77. The Morgan fingerprint density at radius 2 is 2.43 bits per heavy atom. The van der Waals surface area contributed by atoms with Crippen molar-refractivity contribution in [3.8, 4) is 0 Å². The molecule has 2 rings (SSSR count). The van der Waals surface area contributed by atoms with Crippen molar-refractivity contribution in [3.63, 3.8) is 0 Å². The van der Waals surface area contributed by atoms with E-state index in [1.165, 1.54) is 11.3 Å². The molecule has 1 aliphatic rings. The summed E-state index contributed by atoms with van der Waals surface area (Å²) in [6, 6.07) is 0. The van der Waals surface area contributed by atoms with Crippen LogP contribution in [0.5, 0.6) is 0 Å². The van der Waals surface area contributed by atoms with E-state index in [4.69, 9.17) is 0 Å². The predicted molar refractivity (Wildman–Crippen MR) is 59.6 cm³/mol. The van der Waals surface area contributed by atoms with Gasteiger partial charge in [0.15, 0.2) is 3.92 Å². The number of aromatic nitrogens is 2. The average molecular weight is 278 g/mol. The van der Waals surface area contributed by atoms with Gasteiger partial charge in [0.2, 0.25) is 5.13 Å². The van der Waals surface area contributed by atoms with Crippen LogP contribution in [0.4, 0.5) is 5.13 Å². The largest absolute Gasteiger partial charge is 0.396 e. The van der Waals surface area contributed by atoms with Gasteiger partial charge in [-0.1, -0.05) is 18.3 Å². The van der Waals surface area contributed by atoms with E-state index >= 15 is 0 Å². The van der Waals surface area contributed by atoms with Crippen LogP contribution in [-0.2, 0) is 0 Å². The van der Waals surface area contributed by atoms with Crippen LogP contribution in [0.1, 0.15) is 13.3 Å². The molecule has 0 bridgehead atoms. The van der Waals surface area contributed by atoms with Crippen molar-refractivity contribution < 1.29 is 5.11 Å². The Morgan fingerprint density at radius 3 is 2.93 bits per heavy atom. The molecule has 1 atom stereocenters. The third-order valence-corrected chi connectivity index (χ3v) is 4.02. The number of rotatable bonds is 2. The molecule has 78 valence electrons. The van der Waals surface area contributed by atoms with Crippen molar-refractivity contribution in [1.29, 1.82) is 0 Å². The maximum absolute atomic E-state index is 9.23. The van der Waals surface area contributed by atoms with Crippen molar-refractivity contribution in [3.05, 3.63) is 3.92 Å². The predicted octanol–water partition coefficient (Wildman–Crippen LogP) is 1.51. The number of aliphatic hydroxyl groups is 1. The zero-order valence-electron chi connectivity index (χ0n) is 7.90. The summed E-state index contributed by atoms with van der Waals surface area (Å²) < 4.78 is 0.810. The fourth-order valence-corrected chi connectivity index (χ4v) is 2.75. The van der Waals surface area contributed by atoms with Crippen LogP contribution in [0.25, 0.3) is 0 Å². The maximum atomic E-state index is 9.23. The summed E-state index contributed by atoms with van der Waals surface area (Å²) in [5, 5.41) is 18.1. The van der Waals surface area contributed by atoms with Crippen LogP contribution in [-0.4, -0.2) is 35.0 Å². The number of nitrogens with zero attached hydrogens (tertiary/aromatic N) is 3. The van der Waals surface area contributed by atoms with E-state index in [0.717, 1.165) is 28.6 Å². The zero-order chi connectivity index (χ0) is 10.2. The SMILES string of the molecule is CC1(CO)CCN(c2nnc(Br)s2)C1. The smallest absolute Gasteiger partial charge is 0.209 e. The minimum Gasteiger partial charge on any atom is -0.396 e. The number of halogens is 1. The zero-order valence-corrected chi connectivity index (χ0v) is 10.3. The van der Waals surface area contributed by atoms with Gasteiger partial charge in [-0.25, -0.2) is 0 Å². The lowest BCUT2D eigenvalue weighted by Gasteiger charge is -2.20.